The predicted molar refractivity (Wildman–Crippen MR) is 112 cm³/mol. The third-order valence-electron chi connectivity index (χ3n) is 4.46. The van der Waals surface area contributed by atoms with Gasteiger partial charge in [0, 0.05) is 28.7 Å². The van der Waals surface area contributed by atoms with Crippen LogP contribution >= 0.6 is 11.6 Å². The molecule has 0 bridgehead atoms. The van der Waals surface area contributed by atoms with Gasteiger partial charge in [-0.15, -0.1) is 0 Å². The van der Waals surface area contributed by atoms with Crippen LogP contribution < -0.4 is 9.47 Å². The van der Waals surface area contributed by atoms with Gasteiger partial charge in [-0.3, -0.25) is 0 Å². The number of rotatable bonds is 7. The summed E-state index contributed by atoms with van der Waals surface area (Å²) in [6, 6.07) is 12.5. The molecule has 0 aliphatic carbocycles. The molecule has 0 amide bonds. The highest BCUT2D eigenvalue weighted by Crippen LogP contribution is 2.31. The molecule has 0 radical (unpaired) electrons. The Kier molecular flexibility index (Phi) is 5.96. The minimum absolute atomic E-state index is 0.463. The molecule has 6 heteroatoms. The first-order chi connectivity index (χ1) is 13.3. The number of carbonyl (C=O) groups excluding carboxylic acids is 1. The van der Waals surface area contributed by atoms with Crippen molar-refractivity contribution in [1.29, 1.82) is 0 Å². The third-order valence-corrected chi connectivity index (χ3v) is 4.71. The Balaban J connectivity index is 1.81. The Morgan fingerprint density at radius 2 is 1.86 bits per heavy atom. The van der Waals surface area contributed by atoms with Gasteiger partial charge in [-0.1, -0.05) is 17.7 Å². The molecule has 148 valence electrons. The Morgan fingerprint density at radius 1 is 1.14 bits per heavy atom. The summed E-state index contributed by atoms with van der Waals surface area (Å²) in [6.45, 7) is 4.28. The molecule has 0 atom stereocenters. The number of halogens is 1. The lowest BCUT2D eigenvalue weighted by Gasteiger charge is -2.24. The van der Waals surface area contributed by atoms with E-state index in [0.29, 0.717) is 16.5 Å². The number of benzene rings is 2. The van der Waals surface area contributed by atoms with Gasteiger partial charge in [-0.25, -0.2) is 4.79 Å². The number of hydrogen-bond donors (Lipinski definition) is 1. The lowest BCUT2D eigenvalue weighted by Crippen LogP contribution is -2.41. The smallest absolute Gasteiger partial charge is 0.355 e. The molecule has 1 aromatic heterocycles. The van der Waals surface area contributed by atoms with Crippen LogP contribution in [0.15, 0.2) is 48.7 Å². The molecular weight excluding hydrogens is 376 g/mol. The number of fused-ring (bicyclic) bond motifs is 1. The van der Waals surface area contributed by atoms with Crippen molar-refractivity contribution in [2.24, 2.45) is 0 Å². The largest absolute Gasteiger partial charge is 0.476 e. The van der Waals surface area contributed by atoms with E-state index >= 15 is 0 Å². The van der Waals surface area contributed by atoms with Gasteiger partial charge in [-0.05, 0) is 76.3 Å². The van der Waals surface area contributed by atoms with Crippen molar-refractivity contribution >= 4 is 28.5 Å². The number of ether oxygens (including phenoxy) is 2. The second kappa shape index (κ2) is 8.25. The van der Waals surface area contributed by atoms with Crippen molar-refractivity contribution in [3.63, 3.8) is 0 Å². The molecule has 0 fully saturated rings. The van der Waals surface area contributed by atoms with Crippen molar-refractivity contribution in [2.45, 2.75) is 25.9 Å². The molecule has 0 aliphatic rings. The zero-order chi connectivity index (χ0) is 20.3. The first-order valence-corrected chi connectivity index (χ1v) is 9.54. The average Bonchev–Trinajstić information content (AvgIpc) is 3.06. The molecule has 5 nitrogen and oxygen atoms in total. The Morgan fingerprint density at radius 3 is 2.54 bits per heavy atom. The van der Waals surface area contributed by atoms with Crippen LogP contribution in [0.4, 0.5) is 0 Å². The molecular formula is C22H25ClN2O3. The number of H-pyrrole nitrogens is 1. The van der Waals surface area contributed by atoms with E-state index in [2.05, 4.69) is 9.88 Å². The highest BCUT2D eigenvalue weighted by Gasteiger charge is 2.33. The first kappa shape index (κ1) is 20.2. The van der Waals surface area contributed by atoms with Gasteiger partial charge in [0.1, 0.15) is 11.5 Å². The van der Waals surface area contributed by atoms with Gasteiger partial charge in [0.2, 0.25) is 5.60 Å². The van der Waals surface area contributed by atoms with Gasteiger partial charge in [0.25, 0.3) is 0 Å². The van der Waals surface area contributed by atoms with Crippen LogP contribution in [0.5, 0.6) is 11.5 Å². The van der Waals surface area contributed by atoms with Crippen molar-refractivity contribution in [1.82, 2.24) is 9.88 Å². The quantitative estimate of drug-likeness (QED) is 0.461. The number of carbonyl (C=O) groups is 1. The standard InChI is InChI=1S/C22H25ClN2O3/c1-22(2,28-17-10-8-16(23)9-11-17)21(26)27-19-7-5-6-18-20(19)15(14-24-18)12-13-25(3)4/h5-11,14,24H,12-13H2,1-4H3. The fraction of sp³-hybridized carbons (Fsp3) is 0.318. The number of esters is 1. The maximum atomic E-state index is 12.9. The number of nitrogens with zero attached hydrogens (tertiary/aromatic N) is 1. The van der Waals surface area contributed by atoms with E-state index in [4.69, 9.17) is 21.1 Å². The van der Waals surface area contributed by atoms with Crippen LogP contribution in [0.1, 0.15) is 19.4 Å². The average molecular weight is 401 g/mol. The van der Waals surface area contributed by atoms with Gasteiger partial charge in [0.05, 0.1) is 0 Å². The molecule has 1 N–H and O–H groups in total. The summed E-state index contributed by atoms with van der Waals surface area (Å²) in [5, 5.41) is 1.54. The van der Waals surface area contributed by atoms with Crippen LogP contribution in [-0.2, 0) is 11.2 Å². The number of aromatic nitrogens is 1. The summed E-state index contributed by atoms with van der Waals surface area (Å²) in [6.07, 6.45) is 2.83. The fourth-order valence-corrected chi connectivity index (χ4v) is 3.03. The Bertz CT molecular complexity index is 962. The third kappa shape index (κ3) is 4.66. The summed E-state index contributed by atoms with van der Waals surface area (Å²) in [5.74, 6) is 0.623. The molecule has 0 unspecified atom stereocenters. The van der Waals surface area contributed by atoms with Crippen molar-refractivity contribution in [2.75, 3.05) is 20.6 Å². The predicted octanol–water partition coefficient (Wildman–Crippen LogP) is 4.69. The summed E-state index contributed by atoms with van der Waals surface area (Å²) in [7, 11) is 4.07. The van der Waals surface area contributed by atoms with Gasteiger partial charge in [-0.2, -0.15) is 0 Å². The Hall–Kier alpha value is -2.50. The molecule has 2 aromatic carbocycles. The van der Waals surface area contributed by atoms with Crippen molar-refractivity contribution in [3.8, 4) is 11.5 Å². The first-order valence-electron chi connectivity index (χ1n) is 9.17. The summed E-state index contributed by atoms with van der Waals surface area (Å²) < 4.78 is 11.6. The van der Waals surface area contributed by atoms with Crippen molar-refractivity contribution in [3.05, 3.63) is 59.2 Å². The monoisotopic (exact) mass is 400 g/mol. The summed E-state index contributed by atoms with van der Waals surface area (Å²) in [5.41, 5.74) is 0.898. The van der Waals surface area contributed by atoms with E-state index in [0.717, 1.165) is 29.4 Å². The maximum absolute atomic E-state index is 12.9. The fourth-order valence-electron chi connectivity index (χ4n) is 2.91. The van der Waals surface area contributed by atoms with Gasteiger partial charge < -0.3 is 19.4 Å². The van der Waals surface area contributed by atoms with Crippen LogP contribution in [0.2, 0.25) is 5.02 Å². The highest BCUT2D eigenvalue weighted by atomic mass is 35.5. The van der Waals surface area contributed by atoms with E-state index in [1.165, 1.54) is 0 Å². The van der Waals surface area contributed by atoms with E-state index in [-0.39, 0.29) is 0 Å². The number of likely N-dealkylation sites (N-methyl/N-ethyl adjacent to an activating group) is 1. The zero-order valence-electron chi connectivity index (χ0n) is 16.6. The van der Waals surface area contributed by atoms with E-state index in [1.807, 2.05) is 38.5 Å². The molecule has 3 rings (SSSR count). The van der Waals surface area contributed by atoms with Crippen molar-refractivity contribution < 1.29 is 14.3 Å². The van der Waals surface area contributed by atoms with Crippen LogP contribution in [-0.4, -0.2) is 42.1 Å². The minimum atomic E-state index is -1.16. The van der Waals surface area contributed by atoms with Gasteiger partial charge in [0.15, 0.2) is 0 Å². The molecule has 0 spiro atoms. The SMILES string of the molecule is CN(C)CCc1c[nH]c2cccc(OC(=O)C(C)(C)Oc3ccc(Cl)cc3)c12. The minimum Gasteiger partial charge on any atom is -0.476 e. The molecule has 0 saturated heterocycles. The Labute approximate surface area is 170 Å². The highest BCUT2D eigenvalue weighted by molar-refractivity contribution is 6.30. The maximum Gasteiger partial charge on any atom is 0.355 e. The molecule has 28 heavy (non-hydrogen) atoms. The van der Waals surface area contributed by atoms with Gasteiger partial charge >= 0.3 is 5.97 Å². The molecule has 1 heterocycles. The number of nitrogens with one attached hydrogen (secondary N) is 1. The lowest BCUT2D eigenvalue weighted by molar-refractivity contribution is -0.149. The number of hydrogen-bond acceptors (Lipinski definition) is 4. The number of aromatic amines is 1. The summed E-state index contributed by atoms with van der Waals surface area (Å²) in [4.78, 5) is 18.2. The second-order valence-corrected chi connectivity index (χ2v) is 7.94. The topological polar surface area (TPSA) is 54.6 Å². The normalized spacial score (nSPS) is 11.8. The second-order valence-electron chi connectivity index (χ2n) is 7.50. The molecule has 0 saturated carbocycles. The zero-order valence-corrected chi connectivity index (χ0v) is 17.3. The molecule has 0 aliphatic heterocycles. The van der Waals surface area contributed by atoms with E-state index < -0.39 is 11.6 Å². The van der Waals surface area contributed by atoms with Crippen LogP contribution in [0, 0.1) is 0 Å². The summed E-state index contributed by atoms with van der Waals surface area (Å²) >= 11 is 5.90. The van der Waals surface area contributed by atoms with Crippen LogP contribution in [0.25, 0.3) is 10.9 Å². The van der Waals surface area contributed by atoms with E-state index in [9.17, 15) is 4.79 Å². The molecule has 3 aromatic rings. The lowest BCUT2D eigenvalue weighted by atomic mass is 10.1. The van der Waals surface area contributed by atoms with Crippen LogP contribution in [0.3, 0.4) is 0 Å². The van der Waals surface area contributed by atoms with E-state index in [1.54, 1.807) is 38.1 Å².